The third-order valence-electron chi connectivity index (χ3n) is 4.36. The second-order valence-corrected chi connectivity index (χ2v) is 6.45. The minimum atomic E-state index is -1.14. The number of rotatable bonds is 1. The fraction of sp³-hybridized carbons (Fsp3) is 0.235. The molecule has 2 aliphatic rings. The number of aliphatic imine (C=N–C) groups is 1. The zero-order valence-corrected chi connectivity index (χ0v) is 13.3. The van der Waals surface area contributed by atoms with Crippen molar-refractivity contribution in [3.05, 3.63) is 69.2 Å². The van der Waals surface area contributed by atoms with E-state index >= 15 is 0 Å². The van der Waals surface area contributed by atoms with E-state index in [0.29, 0.717) is 29.6 Å². The Labute approximate surface area is 138 Å². The Balaban J connectivity index is 1.88. The lowest BCUT2D eigenvalue weighted by atomic mass is 9.86. The van der Waals surface area contributed by atoms with Gasteiger partial charge in [-0.15, -0.1) is 0 Å². The molecule has 2 aromatic carbocycles. The first-order chi connectivity index (χ1) is 10.6. The highest BCUT2D eigenvalue weighted by molar-refractivity contribution is 6.42. The first kappa shape index (κ1) is 14.1. The van der Waals surface area contributed by atoms with Crippen molar-refractivity contribution in [2.45, 2.75) is 12.1 Å². The van der Waals surface area contributed by atoms with Gasteiger partial charge < -0.3 is 10.0 Å². The van der Waals surface area contributed by atoms with Crippen LogP contribution in [0, 0.1) is 0 Å². The van der Waals surface area contributed by atoms with Crippen molar-refractivity contribution in [3.63, 3.8) is 0 Å². The van der Waals surface area contributed by atoms with Gasteiger partial charge in [0, 0.05) is 24.1 Å². The van der Waals surface area contributed by atoms with Gasteiger partial charge >= 0.3 is 0 Å². The maximum Gasteiger partial charge on any atom is 0.169 e. The normalized spacial score (nSPS) is 23.0. The molecule has 2 aromatic rings. The van der Waals surface area contributed by atoms with E-state index in [2.05, 4.69) is 11.1 Å². The number of aliphatic hydroxyl groups is 1. The molecule has 0 spiro atoms. The Hall–Kier alpha value is -1.55. The molecule has 0 saturated heterocycles. The molecule has 0 aromatic heterocycles. The SMILES string of the molecule is O[C@]1(c2ccc(Cl)c(Cl)c2)Cc2ccccc2C2=NCCN21. The van der Waals surface area contributed by atoms with Crippen LogP contribution in [-0.2, 0) is 12.1 Å². The standard InChI is InChI=1S/C17H14Cl2N2O/c18-14-6-5-12(9-15(14)19)17(22)10-11-3-1-2-4-13(11)16-20-7-8-21(16)17/h1-6,9,22H,7-8,10H2/t17-/m0/s1. The van der Waals surface area contributed by atoms with Crippen molar-refractivity contribution in [1.29, 1.82) is 0 Å². The average Bonchev–Trinajstić information content (AvgIpc) is 3.01. The van der Waals surface area contributed by atoms with Crippen LogP contribution in [0.3, 0.4) is 0 Å². The maximum atomic E-state index is 11.4. The van der Waals surface area contributed by atoms with Crippen LogP contribution in [0.25, 0.3) is 0 Å². The van der Waals surface area contributed by atoms with Crippen molar-refractivity contribution in [1.82, 2.24) is 4.90 Å². The van der Waals surface area contributed by atoms with Gasteiger partial charge in [0.1, 0.15) is 5.84 Å². The van der Waals surface area contributed by atoms with Crippen LogP contribution in [0.1, 0.15) is 16.7 Å². The predicted octanol–water partition coefficient (Wildman–Crippen LogP) is 3.46. The van der Waals surface area contributed by atoms with Crippen LogP contribution in [0.15, 0.2) is 47.5 Å². The molecular formula is C17H14Cl2N2O. The number of hydrogen-bond acceptors (Lipinski definition) is 3. The molecule has 0 radical (unpaired) electrons. The van der Waals surface area contributed by atoms with E-state index in [9.17, 15) is 5.11 Å². The first-order valence-corrected chi connectivity index (χ1v) is 7.93. The summed E-state index contributed by atoms with van der Waals surface area (Å²) in [5.41, 5.74) is 1.79. The molecule has 0 bridgehead atoms. The van der Waals surface area contributed by atoms with Crippen LogP contribution in [-0.4, -0.2) is 28.9 Å². The number of hydrogen-bond donors (Lipinski definition) is 1. The molecule has 1 atom stereocenters. The van der Waals surface area contributed by atoms with E-state index in [1.54, 1.807) is 12.1 Å². The minimum Gasteiger partial charge on any atom is -0.366 e. The quantitative estimate of drug-likeness (QED) is 0.868. The van der Waals surface area contributed by atoms with E-state index in [0.717, 1.165) is 22.5 Å². The monoisotopic (exact) mass is 332 g/mol. The summed E-state index contributed by atoms with van der Waals surface area (Å²) in [6.07, 6.45) is 0.500. The molecule has 112 valence electrons. The Morgan fingerprint density at radius 2 is 1.91 bits per heavy atom. The molecular weight excluding hydrogens is 319 g/mol. The summed E-state index contributed by atoms with van der Waals surface area (Å²) in [6, 6.07) is 13.4. The van der Waals surface area contributed by atoms with Crippen LogP contribution >= 0.6 is 23.2 Å². The highest BCUT2D eigenvalue weighted by Gasteiger charge is 2.45. The zero-order valence-electron chi connectivity index (χ0n) is 11.8. The number of benzene rings is 2. The Morgan fingerprint density at radius 3 is 2.73 bits per heavy atom. The van der Waals surface area contributed by atoms with Gasteiger partial charge in [-0.25, -0.2) is 0 Å². The molecule has 0 amide bonds. The summed E-state index contributed by atoms with van der Waals surface area (Å²) in [6.45, 7) is 1.38. The van der Waals surface area contributed by atoms with Gasteiger partial charge in [0.2, 0.25) is 0 Å². The molecule has 0 saturated carbocycles. The molecule has 2 aliphatic heterocycles. The molecule has 0 aliphatic carbocycles. The largest absolute Gasteiger partial charge is 0.366 e. The third kappa shape index (κ3) is 1.97. The fourth-order valence-electron chi connectivity index (χ4n) is 3.29. The molecule has 2 heterocycles. The zero-order chi connectivity index (χ0) is 15.3. The van der Waals surface area contributed by atoms with Gasteiger partial charge in [-0.2, -0.15) is 0 Å². The number of amidine groups is 1. The molecule has 0 fully saturated rings. The van der Waals surface area contributed by atoms with Crippen LogP contribution in [0.4, 0.5) is 0 Å². The van der Waals surface area contributed by atoms with E-state index in [-0.39, 0.29) is 0 Å². The summed E-state index contributed by atoms with van der Waals surface area (Å²) < 4.78 is 0. The van der Waals surface area contributed by atoms with Crippen LogP contribution < -0.4 is 0 Å². The Bertz CT molecular complexity index is 790. The number of halogens is 2. The number of nitrogens with zero attached hydrogens (tertiary/aromatic N) is 2. The second-order valence-electron chi connectivity index (χ2n) is 5.64. The lowest BCUT2D eigenvalue weighted by molar-refractivity contribution is -0.0745. The summed E-state index contributed by atoms with van der Waals surface area (Å²) >= 11 is 12.2. The Kier molecular flexibility index (Phi) is 3.19. The van der Waals surface area contributed by atoms with Crippen LogP contribution in [0.2, 0.25) is 10.0 Å². The van der Waals surface area contributed by atoms with Crippen molar-refractivity contribution in [3.8, 4) is 0 Å². The summed E-state index contributed by atoms with van der Waals surface area (Å²) in [5.74, 6) is 0.857. The predicted molar refractivity (Wildman–Crippen MR) is 88.6 cm³/mol. The van der Waals surface area contributed by atoms with E-state index in [1.165, 1.54) is 0 Å². The van der Waals surface area contributed by atoms with Gasteiger partial charge in [-0.3, -0.25) is 4.99 Å². The molecule has 22 heavy (non-hydrogen) atoms. The summed E-state index contributed by atoms with van der Waals surface area (Å²) in [7, 11) is 0. The topological polar surface area (TPSA) is 35.8 Å². The summed E-state index contributed by atoms with van der Waals surface area (Å²) in [4.78, 5) is 6.55. The van der Waals surface area contributed by atoms with E-state index in [4.69, 9.17) is 23.2 Å². The van der Waals surface area contributed by atoms with Gasteiger partial charge in [0.15, 0.2) is 5.72 Å². The van der Waals surface area contributed by atoms with Crippen molar-refractivity contribution >= 4 is 29.0 Å². The smallest absolute Gasteiger partial charge is 0.169 e. The van der Waals surface area contributed by atoms with Gasteiger partial charge in [-0.05, 0) is 17.7 Å². The highest BCUT2D eigenvalue weighted by Crippen LogP contribution is 2.40. The Morgan fingerprint density at radius 1 is 1.09 bits per heavy atom. The highest BCUT2D eigenvalue weighted by atomic mass is 35.5. The minimum absolute atomic E-state index is 0.448. The third-order valence-corrected chi connectivity index (χ3v) is 5.10. The second kappa shape index (κ2) is 4.98. The van der Waals surface area contributed by atoms with Gasteiger partial charge in [0.25, 0.3) is 0 Å². The van der Waals surface area contributed by atoms with Crippen molar-refractivity contribution in [2.24, 2.45) is 4.99 Å². The first-order valence-electron chi connectivity index (χ1n) is 7.18. The summed E-state index contributed by atoms with van der Waals surface area (Å²) in [5, 5.41) is 12.4. The number of fused-ring (bicyclic) bond motifs is 3. The van der Waals surface area contributed by atoms with Crippen molar-refractivity contribution < 1.29 is 5.11 Å². The van der Waals surface area contributed by atoms with Gasteiger partial charge in [-0.1, -0.05) is 53.5 Å². The average molecular weight is 333 g/mol. The molecule has 0 unspecified atom stereocenters. The molecule has 5 heteroatoms. The van der Waals surface area contributed by atoms with Crippen molar-refractivity contribution in [2.75, 3.05) is 13.1 Å². The van der Waals surface area contributed by atoms with Gasteiger partial charge in [0.05, 0.1) is 16.6 Å². The van der Waals surface area contributed by atoms with E-state index in [1.807, 2.05) is 29.2 Å². The van der Waals surface area contributed by atoms with Crippen LogP contribution in [0.5, 0.6) is 0 Å². The lowest BCUT2D eigenvalue weighted by Gasteiger charge is -2.43. The molecule has 4 rings (SSSR count). The fourth-order valence-corrected chi connectivity index (χ4v) is 3.59. The maximum absolute atomic E-state index is 11.4. The molecule has 3 nitrogen and oxygen atoms in total. The molecule has 1 N–H and O–H groups in total. The lowest BCUT2D eigenvalue weighted by Crippen LogP contribution is -2.53. The van der Waals surface area contributed by atoms with E-state index < -0.39 is 5.72 Å².